The Kier molecular flexibility index (Phi) is 10.4. The van der Waals surface area contributed by atoms with Gasteiger partial charge in [0.1, 0.15) is 0 Å². The molecule has 1 atom stereocenters. The van der Waals surface area contributed by atoms with Crippen LogP contribution in [0.1, 0.15) is 19.4 Å². The van der Waals surface area contributed by atoms with Crippen molar-refractivity contribution in [2.45, 2.75) is 26.4 Å². The fraction of sp³-hybridized carbons (Fsp3) is 0.286. The van der Waals surface area contributed by atoms with Gasteiger partial charge < -0.3 is 27.0 Å². The molecule has 0 radical (unpaired) electrons. The van der Waals surface area contributed by atoms with E-state index in [-0.39, 0.29) is 49.3 Å². The number of hydrogen-bond acceptors (Lipinski definition) is 4. The normalized spacial score (nSPS) is 11.1. The Morgan fingerprint density at radius 2 is 1.53 bits per heavy atom. The van der Waals surface area contributed by atoms with Crippen LogP contribution in [-0.2, 0) is 16.1 Å². The Balaban J connectivity index is 0.00000450. The summed E-state index contributed by atoms with van der Waals surface area (Å²) in [4.78, 5) is 35.8. The second-order valence-corrected chi connectivity index (χ2v) is 6.91. The second-order valence-electron chi connectivity index (χ2n) is 6.91. The SMILES string of the molecule is CC(C)[C@H](N)C(=O)NCC(=O)NCc1cccc(NC(=O)Nc2ccccc2)c1.Cl. The largest absolute Gasteiger partial charge is 0.350 e. The summed E-state index contributed by atoms with van der Waals surface area (Å²) in [6, 6.07) is 15.2. The molecular weight excluding hydrogens is 406 g/mol. The molecule has 2 aromatic rings. The van der Waals surface area contributed by atoms with Crippen molar-refractivity contribution in [1.29, 1.82) is 0 Å². The number of urea groups is 1. The van der Waals surface area contributed by atoms with Crippen LogP contribution in [0.15, 0.2) is 54.6 Å². The van der Waals surface area contributed by atoms with Crippen molar-refractivity contribution >= 4 is 41.6 Å². The van der Waals surface area contributed by atoms with E-state index in [0.717, 1.165) is 5.56 Å². The second kappa shape index (κ2) is 12.5. The number of nitrogens with one attached hydrogen (secondary N) is 4. The number of nitrogens with two attached hydrogens (primary N) is 1. The molecule has 162 valence electrons. The average molecular weight is 434 g/mol. The molecule has 6 N–H and O–H groups in total. The van der Waals surface area contributed by atoms with Gasteiger partial charge in [-0.25, -0.2) is 4.79 Å². The van der Waals surface area contributed by atoms with Crippen molar-refractivity contribution in [2.75, 3.05) is 17.2 Å². The number of hydrogen-bond donors (Lipinski definition) is 5. The van der Waals surface area contributed by atoms with Gasteiger partial charge in [0.05, 0.1) is 12.6 Å². The van der Waals surface area contributed by atoms with E-state index < -0.39 is 6.04 Å². The number of anilines is 2. The minimum atomic E-state index is -0.646. The van der Waals surface area contributed by atoms with Gasteiger partial charge in [0.15, 0.2) is 0 Å². The molecule has 0 heterocycles. The van der Waals surface area contributed by atoms with Crippen LogP contribution >= 0.6 is 12.4 Å². The lowest BCUT2D eigenvalue weighted by molar-refractivity contribution is -0.127. The Morgan fingerprint density at radius 3 is 2.20 bits per heavy atom. The first-order chi connectivity index (χ1) is 13.8. The van der Waals surface area contributed by atoms with Gasteiger partial charge in [-0.05, 0) is 35.7 Å². The lowest BCUT2D eigenvalue weighted by Crippen LogP contribution is -2.47. The van der Waals surface area contributed by atoms with E-state index >= 15 is 0 Å². The Morgan fingerprint density at radius 1 is 0.900 bits per heavy atom. The van der Waals surface area contributed by atoms with Crippen molar-refractivity contribution in [1.82, 2.24) is 10.6 Å². The van der Waals surface area contributed by atoms with E-state index in [1.807, 2.05) is 38.1 Å². The highest BCUT2D eigenvalue weighted by Gasteiger charge is 2.17. The summed E-state index contributed by atoms with van der Waals surface area (Å²) in [5.74, 6) is -0.687. The van der Waals surface area contributed by atoms with E-state index in [4.69, 9.17) is 5.73 Å². The van der Waals surface area contributed by atoms with Gasteiger partial charge in [-0.1, -0.05) is 44.2 Å². The molecule has 0 saturated carbocycles. The maximum atomic E-state index is 12.1. The molecule has 2 rings (SSSR count). The monoisotopic (exact) mass is 433 g/mol. The number of carbonyl (C=O) groups is 3. The molecule has 9 heteroatoms. The lowest BCUT2D eigenvalue weighted by Gasteiger charge is -2.15. The lowest BCUT2D eigenvalue weighted by atomic mass is 10.1. The smallest absolute Gasteiger partial charge is 0.323 e. The van der Waals surface area contributed by atoms with Crippen molar-refractivity contribution in [3.05, 3.63) is 60.2 Å². The number of amides is 4. The van der Waals surface area contributed by atoms with Gasteiger partial charge in [0, 0.05) is 17.9 Å². The van der Waals surface area contributed by atoms with Crippen molar-refractivity contribution in [3.8, 4) is 0 Å². The zero-order valence-corrected chi connectivity index (χ0v) is 17.8. The number of para-hydroxylation sites is 1. The predicted molar refractivity (Wildman–Crippen MR) is 120 cm³/mol. The maximum Gasteiger partial charge on any atom is 0.323 e. The van der Waals surface area contributed by atoms with Crippen molar-refractivity contribution in [2.24, 2.45) is 11.7 Å². The molecule has 0 aromatic heterocycles. The topological polar surface area (TPSA) is 125 Å². The van der Waals surface area contributed by atoms with Crippen LogP contribution in [0.2, 0.25) is 0 Å². The van der Waals surface area contributed by atoms with E-state index in [1.165, 1.54) is 0 Å². The van der Waals surface area contributed by atoms with Crippen LogP contribution in [-0.4, -0.2) is 30.4 Å². The molecule has 0 bridgehead atoms. The fourth-order valence-electron chi connectivity index (χ4n) is 2.43. The summed E-state index contributed by atoms with van der Waals surface area (Å²) in [5.41, 5.74) is 7.83. The van der Waals surface area contributed by atoms with Crippen molar-refractivity contribution < 1.29 is 14.4 Å². The Bertz CT molecular complexity index is 846. The quantitative estimate of drug-likeness (QED) is 0.438. The van der Waals surface area contributed by atoms with Gasteiger partial charge in [-0.15, -0.1) is 12.4 Å². The van der Waals surface area contributed by atoms with Gasteiger partial charge >= 0.3 is 6.03 Å². The van der Waals surface area contributed by atoms with Gasteiger partial charge in [-0.2, -0.15) is 0 Å². The Hall–Kier alpha value is -3.10. The molecule has 0 unspecified atom stereocenters. The van der Waals surface area contributed by atoms with Crippen LogP contribution in [0, 0.1) is 5.92 Å². The molecule has 0 aliphatic heterocycles. The minimum absolute atomic E-state index is 0. The first kappa shape index (κ1) is 24.9. The molecular formula is C21H28ClN5O3. The van der Waals surface area contributed by atoms with Crippen LogP contribution in [0.4, 0.5) is 16.2 Å². The molecule has 0 aliphatic rings. The third-order valence-corrected chi connectivity index (χ3v) is 4.15. The summed E-state index contributed by atoms with van der Waals surface area (Å²) < 4.78 is 0. The first-order valence-electron chi connectivity index (χ1n) is 9.37. The number of carbonyl (C=O) groups excluding carboxylic acids is 3. The molecule has 2 aromatic carbocycles. The van der Waals surface area contributed by atoms with Crippen molar-refractivity contribution in [3.63, 3.8) is 0 Å². The number of halogens is 1. The summed E-state index contributed by atoms with van der Waals surface area (Å²) >= 11 is 0. The van der Waals surface area contributed by atoms with Gasteiger partial charge in [-0.3, -0.25) is 9.59 Å². The van der Waals surface area contributed by atoms with Crippen LogP contribution in [0.3, 0.4) is 0 Å². The molecule has 8 nitrogen and oxygen atoms in total. The third kappa shape index (κ3) is 8.50. The molecule has 30 heavy (non-hydrogen) atoms. The van der Waals surface area contributed by atoms with Gasteiger partial charge in [0.25, 0.3) is 0 Å². The summed E-state index contributed by atoms with van der Waals surface area (Å²) in [7, 11) is 0. The van der Waals surface area contributed by atoms with Gasteiger partial charge in [0.2, 0.25) is 11.8 Å². The van der Waals surface area contributed by atoms with E-state index in [2.05, 4.69) is 21.3 Å². The van der Waals surface area contributed by atoms with Crippen LogP contribution in [0.5, 0.6) is 0 Å². The third-order valence-electron chi connectivity index (χ3n) is 4.15. The summed E-state index contributed by atoms with van der Waals surface area (Å²) in [5, 5.41) is 10.7. The zero-order chi connectivity index (χ0) is 21.2. The van der Waals surface area contributed by atoms with Crippen LogP contribution < -0.4 is 27.0 Å². The predicted octanol–water partition coefficient (Wildman–Crippen LogP) is 2.47. The molecule has 0 spiro atoms. The van der Waals surface area contributed by atoms with E-state index in [9.17, 15) is 14.4 Å². The first-order valence-corrected chi connectivity index (χ1v) is 9.37. The maximum absolute atomic E-state index is 12.1. The van der Waals surface area contributed by atoms with E-state index in [0.29, 0.717) is 11.4 Å². The fourth-order valence-corrected chi connectivity index (χ4v) is 2.43. The standard InChI is InChI=1S/C21H27N5O3.ClH/c1-14(2)19(22)20(28)24-13-18(27)23-12-15-7-6-10-17(11-15)26-21(29)25-16-8-4-3-5-9-16;/h3-11,14,19H,12-13,22H2,1-2H3,(H,23,27)(H,24,28)(H2,25,26,29);1H/t19-;/m0./s1. The number of benzene rings is 2. The number of rotatable bonds is 8. The minimum Gasteiger partial charge on any atom is -0.350 e. The highest BCUT2D eigenvalue weighted by atomic mass is 35.5. The molecule has 4 amide bonds. The van der Waals surface area contributed by atoms with Crippen LogP contribution in [0.25, 0.3) is 0 Å². The summed E-state index contributed by atoms with van der Waals surface area (Å²) in [6.07, 6.45) is 0. The molecule has 0 aliphatic carbocycles. The zero-order valence-electron chi connectivity index (χ0n) is 17.0. The Labute approximate surface area is 182 Å². The summed E-state index contributed by atoms with van der Waals surface area (Å²) in [6.45, 7) is 3.80. The van der Waals surface area contributed by atoms with E-state index in [1.54, 1.807) is 30.3 Å². The molecule has 0 saturated heterocycles. The highest BCUT2D eigenvalue weighted by molar-refractivity contribution is 5.99. The highest BCUT2D eigenvalue weighted by Crippen LogP contribution is 2.12. The average Bonchev–Trinajstić information content (AvgIpc) is 2.70. The molecule has 0 fully saturated rings.